The van der Waals surface area contributed by atoms with Gasteiger partial charge in [0.15, 0.2) is 0 Å². The SMILES string of the molecule is Cc1ccc(S(=O)(=O)n2nc(C)c3c(B4OC(C)(C)C(C)(C)O4)ccc(F)c32)cc1. The number of benzene rings is 2. The van der Waals surface area contributed by atoms with Crippen molar-refractivity contribution < 1.29 is 22.1 Å². The summed E-state index contributed by atoms with van der Waals surface area (Å²) in [5, 5.41) is 4.58. The molecule has 1 fully saturated rings. The minimum atomic E-state index is -4.09. The van der Waals surface area contributed by atoms with Crippen LogP contribution in [0.2, 0.25) is 0 Å². The second-order valence-electron chi connectivity index (χ2n) is 8.69. The van der Waals surface area contributed by atoms with Crippen molar-refractivity contribution in [1.29, 1.82) is 0 Å². The molecule has 1 aromatic heterocycles. The maximum Gasteiger partial charge on any atom is 0.495 e. The second-order valence-corrected chi connectivity index (χ2v) is 10.5. The van der Waals surface area contributed by atoms with Crippen LogP contribution in [0.5, 0.6) is 0 Å². The summed E-state index contributed by atoms with van der Waals surface area (Å²) in [6, 6.07) is 9.16. The maximum atomic E-state index is 14.9. The summed E-state index contributed by atoms with van der Waals surface area (Å²) in [6.07, 6.45) is 0. The molecular formula is C21H24BFN2O4S. The maximum absolute atomic E-state index is 14.9. The minimum absolute atomic E-state index is 0.0398. The lowest BCUT2D eigenvalue weighted by atomic mass is 9.76. The second kappa shape index (κ2) is 6.64. The van der Waals surface area contributed by atoms with Crippen LogP contribution in [-0.4, -0.2) is 35.9 Å². The van der Waals surface area contributed by atoms with Gasteiger partial charge in [-0.15, -0.1) is 4.09 Å². The summed E-state index contributed by atoms with van der Waals surface area (Å²) in [6.45, 7) is 11.2. The van der Waals surface area contributed by atoms with Gasteiger partial charge in [0.25, 0.3) is 10.0 Å². The van der Waals surface area contributed by atoms with Crippen LogP contribution < -0.4 is 5.46 Å². The number of rotatable bonds is 3. The molecule has 0 saturated carbocycles. The van der Waals surface area contributed by atoms with Crippen molar-refractivity contribution in [2.75, 3.05) is 0 Å². The fourth-order valence-electron chi connectivity index (χ4n) is 3.54. The number of hydrogen-bond acceptors (Lipinski definition) is 5. The van der Waals surface area contributed by atoms with Crippen molar-refractivity contribution in [1.82, 2.24) is 9.19 Å². The van der Waals surface area contributed by atoms with Gasteiger partial charge >= 0.3 is 7.12 Å². The third-order valence-electron chi connectivity index (χ3n) is 6.01. The molecule has 0 aliphatic carbocycles. The van der Waals surface area contributed by atoms with E-state index >= 15 is 0 Å². The van der Waals surface area contributed by atoms with Crippen molar-refractivity contribution >= 4 is 33.5 Å². The van der Waals surface area contributed by atoms with Gasteiger partial charge in [-0.25, -0.2) is 4.39 Å². The zero-order chi connectivity index (χ0) is 22.1. The molecular weight excluding hydrogens is 406 g/mol. The molecule has 1 aliphatic rings. The van der Waals surface area contributed by atoms with Gasteiger partial charge < -0.3 is 9.31 Å². The van der Waals surface area contributed by atoms with Gasteiger partial charge in [-0.3, -0.25) is 0 Å². The van der Waals surface area contributed by atoms with E-state index in [0.29, 0.717) is 16.5 Å². The molecule has 0 N–H and O–H groups in total. The molecule has 1 aliphatic heterocycles. The van der Waals surface area contributed by atoms with Gasteiger partial charge in [0.05, 0.1) is 21.8 Å². The minimum Gasteiger partial charge on any atom is -0.399 e. The molecule has 0 bridgehead atoms. The number of halogens is 1. The average molecular weight is 430 g/mol. The van der Waals surface area contributed by atoms with E-state index in [2.05, 4.69) is 5.10 Å². The van der Waals surface area contributed by atoms with Crippen LogP contribution in [0.3, 0.4) is 0 Å². The highest BCUT2D eigenvalue weighted by atomic mass is 32.2. The zero-order valence-corrected chi connectivity index (χ0v) is 18.7. The molecule has 0 radical (unpaired) electrons. The van der Waals surface area contributed by atoms with Crippen LogP contribution in [0.15, 0.2) is 41.3 Å². The number of aryl methyl sites for hydroxylation is 2. The lowest BCUT2D eigenvalue weighted by Gasteiger charge is -2.32. The van der Waals surface area contributed by atoms with Crippen molar-refractivity contribution in [2.45, 2.75) is 57.6 Å². The summed E-state index contributed by atoms with van der Waals surface area (Å²) < 4.78 is 54.4. The molecule has 0 unspecified atom stereocenters. The highest BCUT2D eigenvalue weighted by molar-refractivity contribution is 7.90. The van der Waals surface area contributed by atoms with E-state index in [1.807, 2.05) is 34.6 Å². The van der Waals surface area contributed by atoms with Crippen LogP contribution in [0.25, 0.3) is 10.9 Å². The Morgan fingerprint density at radius 1 is 0.967 bits per heavy atom. The predicted octanol–water partition coefficient (Wildman–Crippen LogP) is 3.33. The molecule has 3 aromatic rings. The lowest BCUT2D eigenvalue weighted by molar-refractivity contribution is 0.00578. The summed E-state index contributed by atoms with van der Waals surface area (Å²) in [4.78, 5) is 0.0398. The molecule has 30 heavy (non-hydrogen) atoms. The fraction of sp³-hybridized carbons (Fsp3) is 0.381. The topological polar surface area (TPSA) is 70.4 Å². The first-order chi connectivity index (χ1) is 13.8. The van der Waals surface area contributed by atoms with E-state index < -0.39 is 34.2 Å². The molecule has 4 rings (SSSR count). The Morgan fingerprint density at radius 3 is 2.10 bits per heavy atom. The van der Waals surface area contributed by atoms with E-state index in [1.165, 1.54) is 18.2 Å². The van der Waals surface area contributed by atoms with E-state index in [0.717, 1.165) is 9.65 Å². The highest BCUT2D eigenvalue weighted by Crippen LogP contribution is 2.37. The molecule has 0 atom stereocenters. The molecule has 2 heterocycles. The van der Waals surface area contributed by atoms with Gasteiger partial charge in [-0.05, 0) is 65.2 Å². The highest BCUT2D eigenvalue weighted by Gasteiger charge is 2.52. The van der Waals surface area contributed by atoms with E-state index in [1.54, 1.807) is 25.1 Å². The average Bonchev–Trinajstić information content (AvgIpc) is 3.10. The Labute approximate surface area is 176 Å². The van der Waals surface area contributed by atoms with Crippen molar-refractivity contribution in [3.63, 3.8) is 0 Å². The smallest absolute Gasteiger partial charge is 0.399 e. The summed E-state index contributed by atoms with van der Waals surface area (Å²) in [5.74, 6) is -0.679. The first-order valence-corrected chi connectivity index (χ1v) is 11.1. The lowest BCUT2D eigenvalue weighted by Crippen LogP contribution is -2.41. The Morgan fingerprint density at radius 2 is 1.53 bits per heavy atom. The van der Waals surface area contributed by atoms with Gasteiger partial charge in [-0.2, -0.15) is 13.5 Å². The third kappa shape index (κ3) is 3.07. The largest absolute Gasteiger partial charge is 0.495 e. The summed E-state index contributed by atoms with van der Waals surface area (Å²) in [5.41, 5.74) is 0.565. The number of fused-ring (bicyclic) bond motifs is 1. The molecule has 1 saturated heterocycles. The van der Waals surface area contributed by atoms with Gasteiger partial charge in [0.2, 0.25) is 0 Å². The van der Waals surface area contributed by atoms with Gasteiger partial charge in [0.1, 0.15) is 11.3 Å². The monoisotopic (exact) mass is 430 g/mol. The number of nitrogens with zero attached hydrogens (tertiary/aromatic N) is 2. The van der Waals surface area contributed by atoms with Gasteiger partial charge in [0, 0.05) is 5.39 Å². The standard InChI is InChI=1S/C21H24BFN2O4S/c1-13-7-9-15(10-8-13)30(26,27)25-19-17(23)12-11-16(18(19)14(2)24-25)22-28-20(3,4)21(5,6)29-22/h7-12H,1-6H3. The molecule has 2 aromatic carbocycles. The Balaban J connectivity index is 1.92. The molecule has 158 valence electrons. The predicted molar refractivity (Wildman–Crippen MR) is 114 cm³/mol. The molecule has 0 amide bonds. The Bertz CT molecular complexity index is 1230. The van der Waals surface area contributed by atoms with Crippen LogP contribution in [-0.2, 0) is 19.3 Å². The van der Waals surface area contributed by atoms with Crippen molar-refractivity contribution in [3.8, 4) is 0 Å². The van der Waals surface area contributed by atoms with Crippen LogP contribution in [0, 0.1) is 19.7 Å². The van der Waals surface area contributed by atoms with Crippen LogP contribution >= 0.6 is 0 Å². The fourth-order valence-corrected chi connectivity index (χ4v) is 4.86. The van der Waals surface area contributed by atoms with Crippen molar-refractivity contribution in [2.24, 2.45) is 0 Å². The molecule has 6 nitrogen and oxygen atoms in total. The van der Waals surface area contributed by atoms with Crippen molar-refractivity contribution in [3.05, 3.63) is 53.5 Å². The normalized spacial score (nSPS) is 18.3. The van der Waals surface area contributed by atoms with E-state index in [-0.39, 0.29) is 10.4 Å². The number of aromatic nitrogens is 2. The Hall–Kier alpha value is -2.23. The van der Waals surface area contributed by atoms with E-state index in [9.17, 15) is 12.8 Å². The summed E-state index contributed by atoms with van der Waals surface area (Å²) in [7, 11) is -4.85. The summed E-state index contributed by atoms with van der Waals surface area (Å²) >= 11 is 0. The quantitative estimate of drug-likeness (QED) is 0.597. The first-order valence-electron chi connectivity index (χ1n) is 9.71. The third-order valence-corrected chi connectivity index (χ3v) is 7.60. The molecule has 9 heteroatoms. The Kier molecular flexibility index (Phi) is 4.65. The van der Waals surface area contributed by atoms with Gasteiger partial charge in [-0.1, -0.05) is 23.8 Å². The van der Waals surface area contributed by atoms with Crippen LogP contribution in [0.1, 0.15) is 39.0 Å². The zero-order valence-electron chi connectivity index (χ0n) is 17.9. The number of hydrogen-bond donors (Lipinski definition) is 0. The molecule has 0 spiro atoms. The first kappa shape index (κ1) is 21.0. The van der Waals surface area contributed by atoms with E-state index in [4.69, 9.17) is 9.31 Å². The van der Waals surface area contributed by atoms with Crippen LogP contribution in [0.4, 0.5) is 4.39 Å².